The van der Waals surface area contributed by atoms with Crippen LogP contribution in [0.15, 0.2) is 52.4 Å². The summed E-state index contributed by atoms with van der Waals surface area (Å²) in [6, 6.07) is 14.5. The molecule has 3 heterocycles. The monoisotopic (exact) mass is 590 g/mol. The zero-order valence-corrected chi connectivity index (χ0v) is 26.4. The molecule has 2 aliphatic rings. The van der Waals surface area contributed by atoms with Gasteiger partial charge in [0, 0.05) is 57.4 Å². The zero-order valence-electron chi connectivity index (χ0n) is 25.6. The highest BCUT2D eigenvalue weighted by molar-refractivity contribution is 8.00. The van der Waals surface area contributed by atoms with Gasteiger partial charge in [-0.15, -0.1) is 0 Å². The molecule has 2 aliphatic heterocycles. The number of carbonyl (C=O) groups excluding carboxylic acids is 1. The van der Waals surface area contributed by atoms with Crippen molar-refractivity contribution >= 4 is 17.7 Å². The van der Waals surface area contributed by atoms with E-state index < -0.39 is 0 Å². The summed E-state index contributed by atoms with van der Waals surface area (Å²) in [5.74, 6) is 1.70. The lowest BCUT2D eigenvalue weighted by Gasteiger charge is -2.36. The number of benzene rings is 2. The number of aryl methyl sites for hydroxylation is 1. The van der Waals surface area contributed by atoms with E-state index in [0.29, 0.717) is 36.7 Å². The van der Waals surface area contributed by atoms with Gasteiger partial charge < -0.3 is 14.4 Å². The number of carbonyl (C=O) groups is 1. The third-order valence-corrected chi connectivity index (χ3v) is 9.57. The Bertz CT molecular complexity index is 1490. The highest BCUT2D eigenvalue weighted by atomic mass is 32.2. The Morgan fingerprint density at radius 3 is 2.33 bits per heavy atom. The smallest absolute Gasteiger partial charge is 0.257 e. The summed E-state index contributed by atoms with van der Waals surface area (Å²) in [5, 5.41) is 0.296. The molecule has 1 aromatic heterocycles. The number of thioether (sulfide) groups is 1. The molecule has 1 fully saturated rings. The molecule has 1 amide bonds. The number of hydrogen-bond donors (Lipinski definition) is 0. The van der Waals surface area contributed by atoms with Crippen LogP contribution < -0.4 is 15.0 Å². The number of ether oxygens (including phenoxy) is 2. The number of rotatable bonds is 8. The summed E-state index contributed by atoms with van der Waals surface area (Å²) in [4.78, 5) is 36.1. The molecule has 0 N–H and O–H groups in total. The van der Waals surface area contributed by atoms with Crippen LogP contribution in [0.3, 0.4) is 0 Å². The number of fused-ring (bicyclic) bond motifs is 1. The molecule has 1 atom stereocenters. The zero-order chi connectivity index (χ0) is 30.0. The first-order valence-electron chi connectivity index (χ1n) is 14.8. The second-order valence-corrected chi connectivity index (χ2v) is 13.4. The molecule has 0 radical (unpaired) electrons. The number of aromatic nitrogens is 2. The van der Waals surface area contributed by atoms with E-state index in [4.69, 9.17) is 14.5 Å². The van der Waals surface area contributed by atoms with Gasteiger partial charge in [-0.1, -0.05) is 69.8 Å². The molecule has 224 valence electrons. The maximum Gasteiger partial charge on any atom is 0.257 e. The van der Waals surface area contributed by atoms with Crippen LogP contribution in [-0.2, 0) is 30.2 Å². The first kappa shape index (κ1) is 30.2. The highest BCUT2D eigenvalue weighted by Gasteiger charge is 2.29. The Morgan fingerprint density at radius 2 is 1.67 bits per heavy atom. The van der Waals surface area contributed by atoms with E-state index >= 15 is 0 Å². The highest BCUT2D eigenvalue weighted by Crippen LogP contribution is 2.33. The van der Waals surface area contributed by atoms with E-state index in [2.05, 4.69) is 56.0 Å². The predicted octanol–water partition coefficient (Wildman–Crippen LogP) is 4.92. The van der Waals surface area contributed by atoms with Gasteiger partial charge in [-0.25, -0.2) is 4.98 Å². The van der Waals surface area contributed by atoms with Crippen molar-refractivity contribution < 1.29 is 14.3 Å². The fourth-order valence-electron chi connectivity index (χ4n) is 5.43. The van der Waals surface area contributed by atoms with Crippen molar-refractivity contribution in [2.45, 2.75) is 69.8 Å². The largest absolute Gasteiger partial charge is 0.454 e. The number of hydrogen-bond acceptors (Lipinski definition) is 7. The van der Waals surface area contributed by atoms with Crippen molar-refractivity contribution in [2.75, 3.05) is 33.0 Å². The maximum absolute atomic E-state index is 13.6. The van der Waals surface area contributed by atoms with E-state index in [1.54, 1.807) is 11.6 Å². The fraction of sp³-hybridized carbons (Fsp3) is 0.485. The summed E-state index contributed by atoms with van der Waals surface area (Å²) >= 11 is 1.40. The van der Waals surface area contributed by atoms with Crippen LogP contribution >= 0.6 is 11.8 Å². The van der Waals surface area contributed by atoms with Gasteiger partial charge in [0.1, 0.15) is 0 Å². The van der Waals surface area contributed by atoms with Gasteiger partial charge in [0.15, 0.2) is 16.7 Å². The molecule has 9 heteroatoms. The van der Waals surface area contributed by atoms with Crippen LogP contribution in [0, 0.1) is 6.92 Å². The lowest BCUT2D eigenvalue weighted by Crippen LogP contribution is -2.50. The third-order valence-electron chi connectivity index (χ3n) is 8.17. The molecule has 0 aliphatic carbocycles. The van der Waals surface area contributed by atoms with Crippen molar-refractivity contribution in [3.8, 4) is 11.5 Å². The van der Waals surface area contributed by atoms with Gasteiger partial charge in [-0.3, -0.25) is 19.1 Å². The standard InChI is InChI=1S/C33H42N4O4S/c1-7-29(31(39)37-16-14-36(15-17-37)20-24-10-13-27-28(19-24)41-21-40-27)42-32-34-22(2)26(30(38)35(32)6)18-23-8-11-25(12-9-23)33(3,4)5/h8-13,19,29H,7,14-18,20-21H2,1-6H3. The summed E-state index contributed by atoms with van der Waals surface area (Å²) in [6.45, 7) is 14.6. The number of amides is 1. The molecule has 0 saturated carbocycles. The maximum atomic E-state index is 13.6. The first-order valence-corrected chi connectivity index (χ1v) is 15.6. The molecule has 0 bridgehead atoms. The molecule has 1 unspecified atom stereocenters. The van der Waals surface area contributed by atoms with E-state index in [0.717, 1.165) is 42.4 Å². The number of piperazine rings is 1. The minimum Gasteiger partial charge on any atom is -0.454 e. The molecule has 1 saturated heterocycles. The van der Waals surface area contributed by atoms with E-state index in [-0.39, 0.29) is 28.9 Å². The van der Waals surface area contributed by atoms with Crippen LogP contribution in [-0.4, -0.2) is 63.5 Å². The normalized spacial score (nSPS) is 16.1. The molecular formula is C33H42N4O4S. The SMILES string of the molecule is CCC(Sc1nc(C)c(Cc2ccc(C(C)(C)C)cc2)c(=O)n1C)C(=O)N1CCN(Cc2ccc3c(c2)OCO3)CC1. The van der Waals surface area contributed by atoms with Gasteiger partial charge in [-0.05, 0) is 47.6 Å². The summed E-state index contributed by atoms with van der Waals surface area (Å²) in [6.07, 6.45) is 1.20. The van der Waals surface area contributed by atoms with Gasteiger partial charge >= 0.3 is 0 Å². The molecule has 5 rings (SSSR count). The average molecular weight is 591 g/mol. The second-order valence-electron chi connectivity index (χ2n) is 12.2. The molecule has 3 aromatic rings. The first-order chi connectivity index (χ1) is 20.0. The van der Waals surface area contributed by atoms with Crippen molar-refractivity contribution in [1.82, 2.24) is 19.4 Å². The molecular weight excluding hydrogens is 548 g/mol. The Morgan fingerprint density at radius 1 is 1.00 bits per heavy atom. The average Bonchev–Trinajstić information content (AvgIpc) is 3.44. The predicted molar refractivity (Wildman–Crippen MR) is 167 cm³/mol. The van der Waals surface area contributed by atoms with Gasteiger partial charge in [0.05, 0.1) is 5.25 Å². The molecule has 2 aromatic carbocycles. The summed E-state index contributed by atoms with van der Waals surface area (Å²) in [5.41, 5.74) is 4.98. The Labute approximate surface area is 253 Å². The Balaban J connectivity index is 1.20. The third kappa shape index (κ3) is 6.68. The Kier molecular flexibility index (Phi) is 8.99. The van der Waals surface area contributed by atoms with Gasteiger partial charge in [-0.2, -0.15) is 0 Å². The minimum absolute atomic E-state index is 0.0515. The van der Waals surface area contributed by atoms with Gasteiger partial charge in [0.25, 0.3) is 5.56 Å². The quantitative estimate of drug-likeness (QED) is 0.272. The summed E-state index contributed by atoms with van der Waals surface area (Å²) in [7, 11) is 1.76. The van der Waals surface area contributed by atoms with Crippen molar-refractivity contribution in [1.29, 1.82) is 0 Å². The summed E-state index contributed by atoms with van der Waals surface area (Å²) < 4.78 is 12.5. The topological polar surface area (TPSA) is 76.9 Å². The minimum atomic E-state index is -0.293. The molecule has 8 nitrogen and oxygen atoms in total. The van der Waals surface area contributed by atoms with Crippen molar-refractivity contribution in [3.63, 3.8) is 0 Å². The second kappa shape index (κ2) is 12.5. The molecule has 42 heavy (non-hydrogen) atoms. The molecule has 0 spiro atoms. The van der Waals surface area contributed by atoms with Crippen LogP contribution in [0.1, 0.15) is 62.1 Å². The van der Waals surface area contributed by atoms with Crippen LogP contribution in [0.4, 0.5) is 0 Å². The lowest BCUT2D eigenvalue weighted by molar-refractivity contribution is -0.132. The Hall–Kier alpha value is -3.30. The van der Waals surface area contributed by atoms with Gasteiger partial charge in [0.2, 0.25) is 12.7 Å². The van der Waals surface area contributed by atoms with Crippen LogP contribution in [0.5, 0.6) is 11.5 Å². The van der Waals surface area contributed by atoms with Crippen LogP contribution in [0.2, 0.25) is 0 Å². The van der Waals surface area contributed by atoms with E-state index in [9.17, 15) is 9.59 Å². The van der Waals surface area contributed by atoms with Crippen molar-refractivity contribution in [2.24, 2.45) is 7.05 Å². The lowest BCUT2D eigenvalue weighted by atomic mass is 9.86. The van der Waals surface area contributed by atoms with E-state index in [1.807, 2.05) is 30.9 Å². The van der Waals surface area contributed by atoms with Crippen LogP contribution in [0.25, 0.3) is 0 Å². The van der Waals surface area contributed by atoms with Crippen molar-refractivity contribution in [3.05, 3.63) is 80.8 Å². The number of nitrogens with zero attached hydrogens (tertiary/aromatic N) is 4. The van der Waals surface area contributed by atoms with E-state index in [1.165, 1.54) is 22.9 Å². The fourth-order valence-corrected chi connectivity index (χ4v) is 6.53.